The largest absolute Gasteiger partial charge is 0.494 e. The molecule has 156 valence electrons. The molecule has 1 atom stereocenters. The van der Waals surface area contributed by atoms with E-state index in [2.05, 4.69) is 10.3 Å². The molecule has 0 spiro atoms. The molecule has 0 bridgehead atoms. The molecule has 1 amide bonds. The summed E-state index contributed by atoms with van der Waals surface area (Å²) >= 11 is 6.20. The molecule has 0 saturated carbocycles. The van der Waals surface area contributed by atoms with E-state index in [4.69, 9.17) is 21.6 Å². The first-order valence-electron chi connectivity index (χ1n) is 9.25. The highest BCUT2D eigenvalue weighted by molar-refractivity contribution is 6.31. The molecule has 0 aliphatic heterocycles. The normalized spacial score (nSPS) is 11.3. The van der Waals surface area contributed by atoms with Crippen molar-refractivity contribution in [2.45, 2.75) is 12.5 Å². The van der Waals surface area contributed by atoms with E-state index < -0.39 is 17.9 Å². The van der Waals surface area contributed by atoms with Gasteiger partial charge in [-0.2, -0.15) is 5.26 Å². The number of amides is 1. The Hall–Kier alpha value is -3.89. The van der Waals surface area contributed by atoms with Gasteiger partial charge in [0.05, 0.1) is 31.2 Å². The fourth-order valence-electron chi connectivity index (χ4n) is 3.05. The van der Waals surface area contributed by atoms with Gasteiger partial charge in [0.1, 0.15) is 17.1 Å². The maximum atomic E-state index is 12.9. The minimum Gasteiger partial charge on any atom is -0.494 e. The number of nitriles is 1. The number of nitrogens with zero attached hydrogens (tertiary/aromatic N) is 2. The van der Waals surface area contributed by atoms with Crippen molar-refractivity contribution in [2.75, 3.05) is 7.11 Å². The number of pyridine rings is 1. The van der Waals surface area contributed by atoms with E-state index in [0.717, 1.165) is 0 Å². The Labute approximate surface area is 183 Å². The number of carbonyl (C=O) groups is 2. The molecule has 0 saturated heterocycles. The van der Waals surface area contributed by atoms with Gasteiger partial charge < -0.3 is 15.2 Å². The van der Waals surface area contributed by atoms with Crippen LogP contribution in [0.4, 0.5) is 0 Å². The molecule has 31 heavy (non-hydrogen) atoms. The number of hydrogen-bond donors (Lipinski definition) is 2. The number of carbonyl (C=O) groups excluding carboxylic acids is 1. The van der Waals surface area contributed by atoms with Crippen LogP contribution in [0.1, 0.15) is 34.1 Å². The zero-order valence-corrected chi connectivity index (χ0v) is 17.3. The number of carboxylic acids is 1. The van der Waals surface area contributed by atoms with Gasteiger partial charge in [-0.3, -0.25) is 9.59 Å². The number of rotatable bonds is 7. The second kappa shape index (κ2) is 9.74. The number of methoxy groups -OCH3 is 1. The van der Waals surface area contributed by atoms with Crippen molar-refractivity contribution < 1.29 is 19.4 Å². The lowest BCUT2D eigenvalue weighted by Crippen LogP contribution is -2.31. The van der Waals surface area contributed by atoms with Crippen molar-refractivity contribution in [2.24, 2.45) is 0 Å². The smallest absolute Gasteiger partial charge is 0.305 e. The number of halogens is 1. The second-order valence-electron chi connectivity index (χ2n) is 6.58. The van der Waals surface area contributed by atoms with Crippen LogP contribution in [-0.4, -0.2) is 29.1 Å². The van der Waals surface area contributed by atoms with Gasteiger partial charge >= 0.3 is 5.97 Å². The van der Waals surface area contributed by atoms with Gasteiger partial charge in [0, 0.05) is 10.6 Å². The van der Waals surface area contributed by atoms with E-state index in [1.54, 1.807) is 54.6 Å². The Bertz CT molecular complexity index is 1160. The summed E-state index contributed by atoms with van der Waals surface area (Å²) in [7, 11) is 1.49. The number of ether oxygens (including phenoxy) is 1. The van der Waals surface area contributed by atoms with E-state index in [9.17, 15) is 14.7 Å². The zero-order valence-electron chi connectivity index (χ0n) is 16.5. The lowest BCUT2D eigenvalue weighted by Gasteiger charge is -2.19. The topological polar surface area (TPSA) is 112 Å². The number of benzene rings is 2. The van der Waals surface area contributed by atoms with Gasteiger partial charge in [0.25, 0.3) is 5.91 Å². The zero-order chi connectivity index (χ0) is 22.4. The molecule has 0 aliphatic rings. The monoisotopic (exact) mass is 435 g/mol. The Morgan fingerprint density at radius 2 is 1.87 bits per heavy atom. The van der Waals surface area contributed by atoms with Crippen LogP contribution in [0, 0.1) is 11.3 Å². The fraction of sp³-hybridized carbons (Fsp3) is 0.130. The van der Waals surface area contributed by atoms with Crippen LogP contribution in [0.5, 0.6) is 5.75 Å². The highest BCUT2D eigenvalue weighted by atomic mass is 35.5. The van der Waals surface area contributed by atoms with Crippen LogP contribution in [0.25, 0.3) is 11.3 Å². The van der Waals surface area contributed by atoms with Crippen LogP contribution < -0.4 is 10.1 Å². The van der Waals surface area contributed by atoms with Crippen LogP contribution in [0.3, 0.4) is 0 Å². The van der Waals surface area contributed by atoms with E-state index in [1.165, 1.54) is 13.2 Å². The molecule has 2 aromatic carbocycles. The summed E-state index contributed by atoms with van der Waals surface area (Å²) < 4.78 is 5.36. The number of aromatic nitrogens is 1. The highest BCUT2D eigenvalue weighted by Crippen LogP contribution is 2.29. The Morgan fingerprint density at radius 3 is 2.48 bits per heavy atom. The van der Waals surface area contributed by atoms with Crippen molar-refractivity contribution >= 4 is 23.5 Å². The number of aliphatic carboxylic acids is 1. The van der Waals surface area contributed by atoms with Crippen molar-refractivity contribution in [3.8, 4) is 23.1 Å². The van der Waals surface area contributed by atoms with Crippen LogP contribution >= 0.6 is 11.6 Å². The van der Waals surface area contributed by atoms with Crippen molar-refractivity contribution in [1.29, 1.82) is 5.26 Å². The molecule has 0 aliphatic carbocycles. The minimum absolute atomic E-state index is 0.0857. The Morgan fingerprint density at radius 1 is 1.16 bits per heavy atom. The van der Waals surface area contributed by atoms with Crippen molar-refractivity contribution in [3.05, 3.63) is 82.5 Å². The maximum absolute atomic E-state index is 12.9. The average molecular weight is 436 g/mol. The molecule has 3 rings (SSSR count). The highest BCUT2D eigenvalue weighted by Gasteiger charge is 2.22. The van der Waals surface area contributed by atoms with Gasteiger partial charge in [-0.05, 0) is 35.9 Å². The van der Waals surface area contributed by atoms with Gasteiger partial charge in [-0.25, -0.2) is 4.98 Å². The fourth-order valence-corrected chi connectivity index (χ4v) is 3.32. The molecule has 0 unspecified atom stereocenters. The first-order valence-corrected chi connectivity index (χ1v) is 9.63. The van der Waals surface area contributed by atoms with Crippen molar-refractivity contribution in [1.82, 2.24) is 10.3 Å². The van der Waals surface area contributed by atoms with Gasteiger partial charge in [-0.15, -0.1) is 0 Å². The molecule has 8 heteroatoms. The summed E-state index contributed by atoms with van der Waals surface area (Å²) in [6.45, 7) is 0. The van der Waals surface area contributed by atoms with Gasteiger partial charge in [-0.1, -0.05) is 41.9 Å². The van der Waals surface area contributed by atoms with Gasteiger partial charge in [0.2, 0.25) is 0 Å². The molecule has 0 radical (unpaired) electrons. The van der Waals surface area contributed by atoms with Gasteiger partial charge in [0.15, 0.2) is 0 Å². The Balaban J connectivity index is 1.93. The molecule has 2 N–H and O–H groups in total. The lowest BCUT2D eigenvalue weighted by atomic mass is 10.0. The first kappa shape index (κ1) is 21.8. The summed E-state index contributed by atoms with van der Waals surface area (Å²) in [6.07, 6.45) is -0.339. The molecule has 3 aromatic rings. The summed E-state index contributed by atoms with van der Waals surface area (Å²) in [4.78, 5) is 28.7. The standard InChI is InChI=1S/C23H18ClN3O4/c1-31-20-11-10-18(26-22(20)15-8-6-14(13-25)7-9-15)23(30)27-19(12-21(28)29)16-4-2-3-5-17(16)24/h2-11,19H,12H2,1H3,(H,27,30)(H,28,29)/t19-/m0/s1. The molecule has 0 fully saturated rings. The summed E-state index contributed by atoms with van der Waals surface area (Å²) in [5.74, 6) is -1.18. The molecule has 7 nitrogen and oxygen atoms in total. The van der Waals surface area contributed by atoms with Crippen LogP contribution in [-0.2, 0) is 4.79 Å². The predicted octanol–water partition coefficient (Wildman–Crippen LogP) is 4.23. The van der Waals surface area contributed by atoms with E-state index in [1.807, 2.05) is 6.07 Å². The summed E-state index contributed by atoms with van der Waals surface area (Å²) in [6, 6.07) is 17.8. The SMILES string of the molecule is COc1ccc(C(=O)N[C@@H](CC(=O)O)c2ccccc2Cl)nc1-c1ccc(C#N)cc1. The first-order chi connectivity index (χ1) is 14.9. The molecular weight excluding hydrogens is 418 g/mol. The second-order valence-corrected chi connectivity index (χ2v) is 6.99. The quantitative estimate of drug-likeness (QED) is 0.574. The minimum atomic E-state index is -1.08. The third-order valence-electron chi connectivity index (χ3n) is 4.56. The third-order valence-corrected chi connectivity index (χ3v) is 4.91. The number of hydrogen-bond acceptors (Lipinski definition) is 5. The molecular formula is C23H18ClN3O4. The summed E-state index contributed by atoms with van der Waals surface area (Å²) in [5.41, 5.74) is 2.17. The van der Waals surface area contributed by atoms with Crippen LogP contribution in [0.2, 0.25) is 5.02 Å². The lowest BCUT2D eigenvalue weighted by molar-refractivity contribution is -0.137. The van der Waals surface area contributed by atoms with Crippen LogP contribution in [0.15, 0.2) is 60.7 Å². The average Bonchev–Trinajstić information content (AvgIpc) is 2.78. The number of carboxylic acid groups (broad SMARTS) is 1. The van der Waals surface area contributed by atoms with E-state index >= 15 is 0 Å². The Kier molecular flexibility index (Phi) is 6.85. The third kappa shape index (κ3) is 5.18. The number of nitrogens with one attached hydrogen (secondary N) is 1. The van der Waals surface area contributed by atoms with E-state index in [0.29, 0.717) is 33.2 Å². The maximum Gasteiger partial charge on any atom is 0.305 e. The van der Waals surface area contributed by atoms with Crippen molar-refractivity contribution in [3.63, 3.8) is 0 Å². The summed E-state index contributed by atoms with van der Waals surface area (Å²) in [5, 5.41) is 21.3. The molecule has 1 heterocycles. The predicted molar refractivity (Wildman–Crippen MR) is 115 cm³/mol. The molecule has 1 aromatic heterocycles. The van der Waals surface area contributed by atoms with E-state index in [-0.39, 0.29) is 12.1 Å².